The largest absolute Gasteiger partial charge is 0.376 e. The fourth-order valence-corrected chi connectivity index (χ4v) is 13.4. The van der Waals surface area contributed by atoms with Gasteiger partial charge >= 0.3 is 17.9 Å². The first-order valence-electron chi connectivity index (χ1n) is 22.5. The molecule has 0 aromatic carbocycles. The van der Waals surface area contributed by atoms with Crippen molar-refractivity contribution in [2.24, 2.45) is 104 Å². The van der Waals surface area contributed by atoms with E-state index in [-0.39, 0.29) is 108 Å². The lowest BCUT2D eigenvalue weighted by Gasteiger charge is -2.49. The molecule has 0 radical (unpaired) electrons. The van der Waals surface area contributed by atoms with Gasteiger partial charge in [0.1, 0.15) is 17.3 Å². The molecule has 7 fully saturated rings. The van der Waals surface area contributed by atoms with Crippen molar-refractivity contribution in [3.63, 3.8) is 0 Å². The lowest BCUT2D eigenvalue weighted by Crippen LogP contribution is -2.50. The van der Waals surface area contributed by atoms with Crippen LogP contribution in [-0.4, -0.2) is 92.0 Å². The number of rotatable bonds is 15. The third kappa shape index (κ3) is 8.56. The quantitative estimate of drug-likeness (QED) is 0.116. The van der Waals surface area contributed by atoms with Gasteiger partial charge in [-0.3, -0.25) is 14.4 Å². The van der Waals surface area contributed by atoms with Crippen LogP contribution in [0.5, 0.6) is 0 Å². The molecule has 0 bridgehead atoms. The van der Waals surface area contributed by atoms with Crippen LogP contribution in [0.4, 0.5) is 0 Å². The van der Waals surface area contributed by atoms with Crippen LogP contribution in [0.1, 0.15) is 99.3 Å². The van der Waals surface area contributed by atoms with Gasteiger partial charge in [0.15, 0.2) is 0 Å². The molecule has 0 heterocycles. The molecule has 330 valence electrons. The van der Waals surface area contributed by atoms with Crippen LogP contribution in [0.15, 0.2) is 15.5 Å². The average molecular weight is 838 g/mol. The third-order valence-corrected chi connectivity index (χ3v) is 15.4. The van der Waals surface area contributed by atoms with Crippen molar-refractivity contribution >= 4 is 52.4 Å². The second kappa shape index (κ2) is 19.1. The number of hydrogen-bond acceptors (Lipinski definition) is 15. The van der Waals surface area contributed by atoms with Gasteiger partial charge in [-0.2, -0.15) is 0 Å². The number of Topliss-reactive ketones (excluding diaryl/α,β-unsaturated/α-hetero) is 3. The first-order valence-corrected chi connectivity index (χ1v) is 22.5. The summed E-state index contributed by atoms with van der Waals surface area (Å²) in [4.78, 5) is 96.5. The number of oxime groups is 3. The highest BCUT2D eigenvalue weighted by Gasteiger charge is 2.73. The molecule has 0 aliphatic heterocycles. The lowest BCUT2D eigenvalue weighted by molar-refractivity contribution is -0.142. The number of carbonyl (C=O) groups excluding carboxylic acids is 6. The van der Waals surface area contributed by atoms with Gasteiger partial charge in [-0.1, -0.05) is 15.5 Å². The predicted molar refractivity (Wildman–Crippen MR) is 216 cm³/mol. The Bertz CT molecular complexity index is 1560. The highest BCUT2D eigenvalue weighted by Crippen LogP contribution is 2.70. The maximum absolute atomic E-state index is 15.2. The Balaban J connectivity index is 1.29. The number of nitrogens with zero attached hydrogens (tertiary/aromatic N) is 3. The summed E-state index contributed by atoms with van der Waals surface area (Å²) < 4.78 is 17.4. The minimum absolute atomic E-state index is 0.0997. The van der Waals surface area contributed by atoms with Gasteiger partial charge in [0.25, 0.3) is 0 Å². The van der Waals surface area contributed by atoms with Crippen molar-refractivity contribution in [2.75, 3.05) is 39.6 Å². The van der Waals surface area contributed by atoms with Gasteiger partial charge in [0.2, 0.25) is 0 Å². The molecular formula is C45H63N3O12. The monoisotopic (exact) mass is 837 g/mol. The summed E-state index contributed by atoms with van der Waals surface area (Å²) in [6, 6.07) is 0. The van der Waals surface area contributed by atoms with E-state index >= 15 is 14.4 Å². The van der Waals surface area contributed by atoms with E-state index in [2.05, 4.69) is 15.5 Å². The van der Waals surface area contributed by atoms with Crippen molar-refractivity contribution in [3.8, 4) is 0 Å². The normalized spacial score (nSPS) is 38.6. The maximum atomic E-state index is 15.2. The van der Waals surface area contributed by atoms with Gasteiger partial charge in [-0.25, -0.2) is 14.4 Å². The highest BCUT2D eigenvalue weighted by molar-refractivity contribution is 5.98. The summed E-state index contributed by atoms with van der Waals surface area (Å²) >= 11 is 0. The molecule has 0 saturated heterocycles. The van der Waals surface area contributed by atoms with Crippen molar-refractivity contribution in [1.29, 1.82) is 0 Å². The molecule has 15 atom stereocenters. The van der Waals surface area contributed by atoms with E-state index in [1.54, 1.807) is 0 Å². The Labute approximate surface area is 352 Å². The molecule has 7 aliphatic carbocycles. The van der Waals surface area contributed by atoms with Gasteiger partial charge in [-0.15, -0.1) is 0 Å². The number of ether oxygens (including phenoxy) is 3. The lowest BCUT2D eigenvalue weighted by atomic mass is 9.53. The van der Waals surface area contributed by atoms with E-state index in [1.807, 2.05) is 20.8 Å². The molecule has 15 heteroatoms. The van der Waals surface area contributed by atoms with Crippen molar-refractivity contribution in [2.45, 2.75) is 99.3 Å². The zero-order valence-corrected chi connectivity index (χ0v) is 36.0. The van der Waals surface area contributed by atoms with Crippen LogP contribution in [0, 0.1) is 88.8 Å². The van der Waals surface area contributed by atoms with Crippen LogP contribution in [0.25, 0.3) is 0 Å². The highest BCUT2D eigenvalue weighted by atomic mass is 16.7. The summed E-state index contributed by atoms with van der Waals surface area (Å²) in [5.41, 5.74) is 1.90. The molecule has 0 spiro atoms. The second-order valence-electron chi connectivity index (χ2n) is 18.3. The van der Waals surface area contributed by atoms with Crippen LogP contribution in [0.3, 0.4) is 0 Å². The molecule has 0 amide bonds. The van der Waals surface area contributed by atoms with Crippen molar-refractivity contribution in [3.05, 3.63) is 0 Å². The summed E-state index contributed by atoms with van der Waals surface area (Å²) in [6.45, 7) is 11.6. The summed E-state index contributed by atoms with van der Waals surface area (Å²) in [5, 5.41) is 12.8. The van der Waals surface area contributed by atoms with Crippen LogP contribution >= 0.6 is 0 Å². The number of fused-ring (bicyclic) bond motifs is 12. The van der Waals surface area contributed by atoms with Gasteiger partial charge in [0, 0.05) is 93.9 Å². The Morgan fingerprint density at radius 1 is 0.467 bits per heavy atom. The first kappa shape index (κ1) is 44.4. The molecule has 7 saturated carbocycles. The Morgan fingerprint density at radius 3 is 0.967 bits per heavy atom. The topological polar surface area (TPSA) is 195 Å². The zero-order chi connectivity index (χ0) is 42.8. The van der Waals surface area contributed by atoms with Crippen LogP contribution in [-0.2, 0) is 57.5 Å². The number of ketones is 3. The van der Waals surface area contributed by atoms with E-state index < -0.39 is 35.7 Å². The Kier molecular flexibility index (Phi) is 14.2. The minimum Gasteiger partial charge on any atom is -0.376 e. The molecular weight excluding hydrogens is 775 g/mol. The fraction of sp³-hybridized carbons (Fsp3) is 0.800. The van der Waals surface area contributed by atoms with E-state index in [0.717, 1.165) is 0 Å². The summed E-state index contributed by atoms with van der Waals surface area (Å²) in [5.74, 6) is -4.42. The standard InChI is InChI=1S/C45H63N3O12/c1-7-55-19-34(46-58-22(4)49)25-10-13-28-31(16-25)37-40(43(28)52)38-33-18-27(36(21-57-9-3)48-60-24(6)51)12-15-30(33)45(54)42(38)39-32-17-26(11-14-29(32)44(53)41(37)39)35(20-56-8-2)47-59-23(5)50/h25-33,37-42H,7-21H2,1-6H3/b46-34-,47-35-,48-36+. The van der Waals surface area contributed by atoms with E-state index in [0.29, 0.717) is 94.7 Å². The minimum atomic E-state index is -0.525. The van der Waals surface area contributed by atoms with E-state index in [9.17, 15) is 14.4 Å². The molecule has 60 heavy (non-hydrogen) atoms. The van der Waals surface area contributed by atoms with E-state index in [4.69, 9.17) is 28.7 Å². The SMILES string of the molecule is CCOC/C(=N\OC(C)=O)C1CCC2C(=O)C3C(C2C1)C1C(=O)C2CCC(/C(COCC)=N\OC(C)=O)CC2C1C1C(=O)C2CCC(/C(COCC)=N\OC(C)=O)CC2C31. The van der Waals surface area contributed by atoms with Gasteiger partial charge in [-0.05, 0) is 114 Å². The molecule has 7 rings (SSSR count). The average Bonchev–Trinajstić information content (AvgIpc) is 3.80. The third-order valence-electron chi connectivity index (χ3n) is 15.4. The molecule has 0 aromatic rings. The smallest absolute Gasteiger partial charge is 0.331 e. The molecule has 0 N–H and O–H groups in total. The first-order chi connectivity index (χ1) is 28.9. The van der Waals surface area contributed by atoms with Gasteiger partial charge < -0.3 is 28.7 Å². The van der Waals surface area contributed by atoms with Crippen molar-refractivity contribution < 1.29 is 57.5 Å². The molecule has 7 aliphatic rings. The van der Waals surface area contributed by atoms with Gasteiger partial charge in [0.05, 0.1) is 37.0 Å². The van der Waals surface area contributed by atoms with Crippen LogP contribution < -0.4 is 0 Å². The molecule has 0 aromatic heterocycles. The zero-order valence-electron chi connectivity index (χ0n) is 36.0. The van der Waals surface area contributed by atoms with Crippen molar-refractivity contribution in [1.82, 2.24) is 0 Å². The van der Waals surface area contributed by atoms with E-state index in [1.165, 1.54) is 20.8 Å². The Morgan fingerprint density at radius 2 is 0.733 bits per heavy atom. The predicted octanol–water partition coefficient (Wildman–Crippen LogP) is 5.41. The Hall–Kier alpha value is -3.69. The molecule has 15 nitrogen and oxygen atoms in total. The fourth-order valence-electron chi connectivity index (χ4n) is 13.4. The molecule has 15 unspecified atom stereocenters. The summed E-state index contributed by atoms with van der Waals surface area (Å²) in [7, 11) is 0. The maximum Gasteiger partial charge on any atom is 0.331 e. The number of hydrogen-bond donors (Lipinski definition) is 0. The summed E-state index contributed by atoms with van der Waals surface area (Å²) in [6.07, 6.45) is 5.72. The van der Waals surface area contributed by atoms with Crippen LogP contribution in [0.2, 0.25) is 0 Å². The second-order valence-corrected chi connectivity index (χ2v) is 18.3. The number of carbonyl (C=O) groups is 6.